The molecule has 0 aliphatic heterocycles. The minimum atomic E-state index is 0.154. The summed E-state index contributed by atoms with van der Waals surface area (Å²) in [5, 5.41) is 0. The van der Waals surface area contributed by atoms with E-state index in [1.54, 1.807) is 0 Å². The molecule has 3 fully saturated rings. The molecule has 0 aromatic heterocycles. The first-order valence-corrected chi connectivity index (χ1v) is 5.84. The van der Waals surface area contributed by atoms with Gasteiger partial charge in [-0.25, -0.2) is 0 Å². The third kappa shape index (κ3) is 0.971. The van der Waals surface area contributed by atoms with Gasteiger partial charge >= 0.3 is 0 Å². The van der Waals surface area contributed by atoms with Gasteiger partial charge in [0.25, 0.3) is 0 Å². The quantitative estimate of drug-likeness (QED) is 0.588. The van der Waals surface area contributed by atoms with Gasteiger partial charge in [-0.1, -0.05) is 0 Å². The minimum Gasteiger partial charge on any atom is -0.299 e. The van der Waals surface area contributed by atoms with E-state index in [9.17, 15) is 9.59 Å². The molecule has 0 N–H and O–H groups in total. The van der Waals surface area contributed by atoms with E-state index in [1.165, 1.54) is 12.8 Å². The van der Waals surface area contributed by atoms with Crippen LogP contribution in [0.1, 0.15) is 38.5 Å². The van der Waals surface area contributed by atoms with Crippen LogP contribution in [0.25, 0.3) is 0 Å². The average molecular weight is 192 g/mol. The van der Waals surface area contributed by atoms with Gasteiger partial charge in [-0.3, -0.25) is 9.59 Å². The first-order chi connectivity index (χ1) is 6.79. The van der Waals surface area contributed by atoms with Crippen molar-refractivity contribution in [3.05, 3.63) is 0 Å². The summed E-state index contributed by atoms with van der Waals surface area (Å²) in [6.45, 7) is 0. The lowest BCUT2D eigenvalue weighted by atomic mass is 9.47. The fourth-order valence-corrected chi connectivity index (χ4v) is 3.94. The molecule has 0 saturated heterocycles. The maximum absolute atomic E-state index is 11.7. The maximum Gasteiger partial charge on any atom is 0.136 e. The van der Waals surface area contributed by atoms with Crippen LogP contribution in [0.15, 0.2) is 0 Å². The van der Waals surface area contributed by atoms with Crippen LogP contribution >= 0.6 is 0 Å². The van der Waals surface area contributed by atoms with E-state index >= 15 is 0 Å². The summed E-state index contributed by atoms with van der Waals surface area (Å²) in [6, 6.07) is 0. The van der Waals surface area contributed by atoms with Crippen LogP contribution in [0.4, 0.5) is 0 Å². The fraction of sp³-hybridized carbons (Fsp3) is 0.833. The van der Waals surface area contributed by atoms with E-state index in [0.717, 1.165) is 25.7 Å². The summed E-state index contributed by atoms with van der Waals surface area (Å²) in [5.74, 6) is 2.26. The van der Waals surface area contributed by atoms with Crippen LogP contribution in [0.2, 0.25) is 0 Å². The molecular formula is C12H16O2. The fourth-order valence-electron chi connectivity index (χ4n) is 3.94. The van der Waals surface area contributed by atoms with Crippen molar-refractivity contribution >= 4 is 11.6 Å². The van der Waals surface area contributed by atoms with Crippen molar-refractivity contribution in [2.45, 2.75) is 38.5 Å². The molecule has 0 aromatic carbocycles. The van der Waals surface area contributed by atoms with Crippen LogP contribution < -0.4 is 0 Å². The second-order valence-corrected chi connectivity index (χ2v) is 5.10. The second kappa shape index (κ2) is 2.91. The van der Waals surface area contributed by atoms with Crippen LogP contribution in [0.5, 0.6) is 0 Å². The van der Waals surface area contributed by atoms with Crippen molar-refractivity contribution in [2.75, 3.05) is 0 Å². The lowest BCUT2D eigenvalue weighted by Gasteiger charge is -2.55. The summed E-state index contributed by atoms with van der Waals surface area (Å²) in [4.78, 5) is 23.4. The third-order valence-electron chi connectivity index (χ3n) is 4.52. The van der Waals surface area contributed by atoms with Crippen LogP contribution in [0.3, 0.4) is 0 Å². The van der Waals surface area contributed by atoms with Gasteiger partial charge in [0.2, 0.25) is 0 Å². The molecule has 0 unspecified atom stereocenters. The molecule has 2 nitrogen and oxygen atoms in total. The summed E-state index contributed by atoms with van der Waals surface area (Å²) < 4.78 is 0. The molecule has 3 aliphatic rings. The number of hydrogen-bond donors (Lipinski definition) is 0. The molecule has 76 valence electrons. The highest BCUT2D eigenvalue weighted by Gasteiger charge is 2.57. The van der Waals surface area contributed by atoms with Crippen molar-refractivity contribution in [1.29, 1.82) is 0 Å². The molecule has 0 bridgehead atoms. The van der Waals surface area contributed by atoms with Crippen molar-refractivity contribution in [1.82, 2.24) is 0 Å². The van der Waals surface area contributed by atoms with Gasteiger partial charge in [-0.05, 0) is 37.5 Å². The topological polar surface area (TPSA) is 34.1 Å². The highest BCUT2D eigenvalue weighted by molar-refractivity contribution is 5.93. The van der Waals surface area contributed by atoms with Gasteiger partial charge in [0.15, 0.2) is 0 Å². The molecule has 3 saturated carbocycles. The van der Waals surface area contributed by atoms with Crippen molar-refractivity contribution in [3.63, 3.8) is 0 Å². The number of Topliss-reactive ketones (excluding diaryl/α,β-unsaturated/α-hetero) is 2. The van der Waals surface area contributed by atoms with E-state index in [2.05, 4.69) is 0 Å². The predicted octanol–water partition coefficient (Wildman–Crippen LogP) is 1.97. The first-order valence-electron chi connectivity index (χ1n) is 5.84. The molecule has 14 heavy (non-hydrogen) atoms. The summed E-state index contributed by atoms with van der Waals surface area (Å²) in [6.07, 6.45) is 6.00. The Morgan fingerprint density at radius 3 is 1.64 bits per heavy atom. The zero-order valence-corrected chi connectivity index (χ0v) is 8.37. The lowest BCUT2D eigenvalue weighted by molar-refractivity contribution is -0.160. The SMILES string of the molecule is O=C1CCC[C@@H]2[C@@H]3CCCC(=O)[C@@H]3[C@H]12. The van der Waals surface area contributed by atoms with Crippen molar-refractivity contribution in [3.8, 4) is 0 Å². The van der Waals surface area contributed by atoms with Crippen LogP contribution in [-0.2, 0) is 9.59 Å². The van der Waals surface area contributed by atoms with Gasteiger partial charge in [-0.15, -0.1) is 0 Å². The van der Waals surface area contributed by atoms with Crippen LogP contribution in [0, 0.1) is 23.7 Å². The van der Waals surface area contributed by atoms with E-state index in [0.29, 0.717) is 23.4 Å². The summed E-state index contributed by atoms with van der Waals surface area (Å²) in [5.41, 5.74) is 0. The molecule has 0 spiro atoms. The Kier molecular flexibility index (Phi) is 1.80. The zero-order chi connectivity index (χ0) is 9.71. The number of hydrogen-bond acceptors (Lipinski definition) is 2. The normalized spacial score (nSPS) is 46.6. The predicted molar refractivity (Wildman–Crippen MR) is 51.7 cm³/mol. The average Bonchev–Trinajstić information content (AvgIpc) is 2.14. The van der Waals surface area contributed by atoms with Gasteiger partial charge in [0.05, 0.1) is 0 Å². The smallest absolute Gasteiger partial charge is 0.136 e. The Morgan fingerprint density at radius 1 is 0.786 bits per heavy atom. The minimum absolute atomic E-state index is 0.154. The highest BCUT2D eigenvalue weighted by Crippen LogP contribution is 2.56. The highest BCUT2D eigenvalue weighted by atomic mass is 16.1. The molecule has 3 aliphatic carbocycles. The monoisotopic (exact) mass is 192 g/mol. The van der Waals surface area contributed by atoms with E-state index in [1.807, 2.05) is 0 Å². The molecule has 0 aromatic rings. The van der Waals surface area contributed by atoms with Gasteiger partial charge < -0.3 is 0 Å². The Bertz CT molecular complexity index is 265. The Labute approximate surface area is 84.1 Å². The third-order valence-corrected chi connectivity index (χ3v) is 4.52. The van der Waals surface area contributed by atoms with Crippen LogP contribution in [-0.4, -0.2) is 11.6 Å². The Hall–Kier alpha value is -0.660. The van der Waals surface area contributed by atoms with Gasteiger partial charge in [0, 0.05) is 24.7 Å². The van der Waals surface area contributed by atoms with E-state index < -0.39 is 0 Å². The Balaban J connectivity index is 1.86. The van der Waals surface area contributed by atoms with E-state index in [4.69, 9.17) is 0 Å². The van der Waals surface area contributed by atoms with Crippen molar-refractivity contribution in [2.24, 2.45) is 23.7 Å². The van der Waals surface area contributed by atoms with Crippen molar-refractivity contribution < 1.29 is 9.59 Å². The largest absolute Gasteiger partial charge is 0.299 e. The molecule has 4 atom stereocenters. The maximum atomic E-state index is 11.7. The van der Waals surface area contributed by atoms with Gasteiger partial charge in [-0.2, -0.15) is 0 Å². The molecular weight excluding hydrogens is 176 g/mol. The second-order valence-electron chi connectivity index (χ2n) is 5.10. The molecule has 0 amide bonds. The van der Waals surface area contributed by atoms with E-state index in [-0.39, 0.29) is 11.8 Å². The van der Waals surface area contributed by atoms with Gasteiger partial charge in [0.1, 0.15) is 11.6 Å². The first kappa shape index (κ1) is 8.63. The molecule has 2 heteroatoms. The standard InChI is InChI=1S/C12H16O2/c13-9-5-1-3-7-8-4-2-6-10(14)12(8)11(7)9/h7-8,11-12H,1-6H2/t7-,8+,11+,12-. The molecule has 0 radical (unpaired) electrons. The summed E-state index contributed by atoms with van der Waals surface area (Å²) in [7, 11) is 0. The number of carbonyl (C=O) groups is 2. The number of rotatable bonds is 0. The number of ketones is 2. The number of carbonyl (C=O) groups excluding carboxylic acids is 2. The molecule has 0 heterocycles. The lowest BCUT2D eigenvalue weighted by Crippen LogP contribution is -2.57. The Morgan fingerprint density at radius 2 is 1.21 bits per heavy atom. The zero-order valence-electron chi connectivity index (χ0n) is 8.37. The summed E-state index contributed by atoms with van der Waals surface area (Å²) >= 11 is 0. The number of fused-ring (bicyclic) bond motifs is 4. The molecule has 3 rings (SSSR count).